The summed E-state index contributed by atoms with van der Waals surface area (Å²) in [6.45, 7) is 2.23. The Hall–Kier alpha value is -2.61. The van der Waals surface area contributed by atoms with Crippen LogP contribution in [0.3, 0.4) is 0 Å². The summed E-state index contributed by atoms with van der Waals surface area (Å²) >= 11 is -0.826. The summed E-state index contributed by atoms with van der Waals surface area (Å²) in [5, 5.41) is 5.50. The minimum atomic E-state index is -0.826. The summed E-state index contributed by atoms with van der Waals surface area (Å²) < 4.78 is 0. The maximum atomic E-state index is 4.93. The molecule has 7 rings (SSSR count). The molecule has 1 aliphatic rings. The van der Waals surface area contributed by atoms with Crippen molar-refractivity contribution in [3.05, 3.63) is 139 Å². The van der Waals surface area contributed by atoms with E-state index in [1.807, 2.05) is 6.07 Å². The molecular weight excluding hydrogens is 611 g/mol. The molecule has 0 N–H and O–H groups in total. The van der Waals surface area contributed by atoms with Crippen molar-refractivity contribution in [2.24, 2.45) is 0 Å². The zero-order chi connectivity index (χ0) is 27.0. The SMILES string of the molecule is CCc1ccc2[cH-]c(-c3ccccc3)cc2c1-c1ccccc1.[Cl][Zr+2][Cl].[c-]1cccc2c1[Si]c1ccccc1-2. The van der Waals surface area contributed by atoms with Crippen molar-refractivity contribution in [2.75, 3.05) is 0 Å². The molecule has 0 atom stereocenters. The molecule has 0 amide bonds. The van der Waals surface area contributed by atoms with Crippen LogP contribution >= 0.6 is 17.0 Å². The molecule has 1 heterocycles. The summed E-state index contributed by atoms with van der Waals surface area (Å²) in [7, 11) is 10.7. The number of aryl methyl sites for hydroxylation is 1. The Bertz CT molecular complexity index is 1620. The Morgan fingerprint density at radius 1 is 0.744 bits per heavy atom. The second-order valence-electron chi connectivity index (χ2n) is 9.13. The molecule has 188 valence electrons. The van der Waals surface area contributed by atoms with Gasteiger partial charge in [0.2, 0.25) is 0 Å². The third kappa shape index (κ3) is 6.42. The van der Waals surface area contributed by atoms with Gasteiger partial charge in [-0.05, 0) is 17.5 Å². The Morgan fingerprint density at radius 3 is 2.10 bits per heavy atom. The minimum Gasteiger partial charge on any atom is -0.184 e. The normalized spacial score (nSPS) is 10.8. The molecule has 0 spiro atoms. The Morgan fingerprint density at radius 2 is 1.38 bits per heavy atom. The summed E-state index contributed by atoms with van der Waals surface area (Å²) in [4.78, 5) is 0. The van der Waals surface area contributed by atoms with Gasteiger partial charge in [-0.1, -0.05) is 120 Å². The first-order valence-electron chi connectivity index (χ1n) is 12.9. The number of hydrogen-bond acceptors (Lipinski definition) is 0. The van der Waals surface area contributed by atoms with Crippen LogP contribution in [0.5, 0.6) is 0 Å². The van der Waals surface area contributed by atoms with Crippen molar-refractivity contribution in [3.63, 3.8) is 0 Å². The average molecular weight is 637 g/mol. The molecular formula is C35H26Cl2SiZr. The summed E-state index contributed by atoms with van der Waals surface area (Å²) in [6.07, 6.45) is 1.05. The molecule has 0 unspecified atom stereocenters. The fourth-order valence-corrected chi connectivity index (χ4v) is 6.40. The quantitative estimate of drug-likeness (QED) is 0.134. The van der Waals surface area contributed by atoms with Gasteiger partial charge < -0.3 is 0 Å². The fourth-order valence-electron chi connectivity index (χ4n) is 5.09. The van der Waals surface area contributed by atoms with Crippen LogP contribution in [-0.2, 0) is 27.3 Å². The van der Waals surface area contributed by atoms with Crippen molar-refractivity contribution >= 4 is 47.7 Å². The summed E-state index contributed by atoms with van der Waals surface area (Å²) in [5.74, 6) is 0. The Balaban J connectivity index is 0.000000162. The van der Waals surface area contributed by atoms with Gasteiger partial charge in [-0.25, -0.2) is 0 Å². The van der Waals surface area contributed by atoms with Crippen LogP contribution in [0.4, 0.5) is 0 Å². The molecule has 0 aromatic heterocycles. The third-order valence-electron chi connectivity index (χ3n) is 6.86. The molecule has 39 heavy (non-hydrogen) atoms. The molecule has 0 saturated heterocycles. The third-order valence-corrected chi connectivity index (χ3v) is 8.23. The van der Waals surface area contributed by atoms with E-state index in [1.165, 1.54) is 60.1 Å². The molecule has 0 fully saturated rings. The van der Waals surface area contributed by atoms with Crippen LogP contribution in [0.15, 0.2) is 127 Å². The van der Waals surface area contributed by atoms with E-state index in [0.717, 1.165) is 15.9 Å². The van der Waals surface area contributed by atoms with Crippen molar-refractivity contribution in [2.45, 2.75) is 13.3 Å². The largest absolute Gasteiger partial charge is 0.184 e. The standard InChI is InChI=1S/C23H19.C12H7Si.2ClH.Zr/c1-2-17-13-14-20-15-21(18-9-5-3-6-10-18)16-22(20)23(17)19-11-7-4-8-12-19;1-3-7-11-9(5-1)10-6-2-4-8-12(10)13-11;;;/h3-16H,2H2,1H3;1-7H;2*1H;/q2*-1;;;+4/p-2. The van der Waals surface area contributed by atoms with E-state index in [1.54, 1.807) is 0 Å². The van der Waals surface area contributed by atoms with E-state index >= 15 is 0 Å². The molecule has 0 bridgehead atoms. The van der Waals surface area contributed by atoms with E-state index in [-0.39, 0.29) is 0 Å². The monoisotopic (exact) mass is 634 g/mol. The predicted octanol–water partition coefficient (Wildman–Crippen LogP) is 8.95. The van der Waals surface area contributed by atoms with Gasteiger partial charge >= 0.3 is 37.9 Å². The van der Waals surface area contributed by atoms with Gasteiger partial charge in [-0.15, -0.1) is 40.1 Å². The first-order chi connectivity index (χ1) is 19.2. The smallest absolute Gasteiger partial charge is 0.0920 e. The maximum absolute atomic E-state index is 4.93. The first-order valence-corrected chi connectivity index (χ1v) is 20.2. The Kier molecular flexibility index (Phi) is 9.77. The molecule has 4 heteroatoms. The van der Waals surface area contributed by atoms with Crippen molar-refractivity contribution in [3.8, 4) is 33.4 Å². The molecule has 1 aliphatic heterocycles. The zero-order valence-corrected chi connectivity index (χ0v) is 26.6. The van der Waals surface area contributed by atoms with Gasteiger partial charge in [0.25, 0.3) is 0 Å². The van der Waals surface area contributed by atoms with Gasteiger partial charge in [0.05, 0.1) is 9.52 Å². The second kappa shape index (κ2) is 13.6. The number of rotatable bonds is 3. The number of halogens is 2. The molecule has 0 nitrogen and oxygen atoms in total. The average Bonchev–Trinajstić information content (AvgIpc) is 3.60. The van der Waals surface area contributed by atoms with E-state index < -0.39 is 20.8 Å². The van der Waals surface area contributed by atoms with Gasteiger partial charge in [-0.2, -0.15) is 29.5 Å². The van der Waals surface area contributed by atoms with E-state index in [4.69, 9.17) is 17.0 Å². The molecule has 0 saturated carbocycles. The topological polar surface area (TPSA) is 0 Å². The van der Waals surface area contributed by atoms with Crippen LogP contribution < -0.4 is 10.4 Å². The molecule has 6 aromatic rings. The van der Waals surface area contributed by atoms with Crippen LogP contribution in [0, 0.1) is 6.07 Å². The number of hydrogen-bond donors (Lipinski definition) is 0. The second-order valence-corrected chi connectivity index (χ2v) is 14.2. The molecule has 2 radical (unpaired) electrons. The number of fused-ring (bicyclic) bond motifs is 4. The van der Waals surface area contributed by atoms with Crippen LogP contribution in [0.25, 0.3) is 44.2 Å². The van der Waals surface area contributed by atoms with Crippen LogP contribution in [-0.4, -0.2) is 9.52 Å². The molecule has 0 aliphatic carbocycles. The van der Waals surface area contributed by atoms with Crippen molar-refractivity contribution in [1.29, 1.82) is 0 Å². The van der Waals surface area contributed by atoms with Gasteiger partial charge in [-0.3, -0.25) is 0 Å². The maximum Gasteiger partial charge on any atom is 0.0920 e. The van der Waals surface area contributed by atoms with E-state index in [0.29, 0.717) is 0 Å². The van der Waals surface area contributed by atoms with Gasteiger partial charge in [0.1, 0.15) is 0 Å². The first kappa shape index (κ1) is 27.9. The van der Waals surface area contributed by atoms with Gasteiger partial charge in [0, 0.05) is 0 Å². The molecule has 6 aromatic carbocycles. The van der Waals surface area contributed by atoms with Crippen molar-refractivity contribution in [1.82, 2.24) is 0 Å². The fraction of sp³-hybridized carbons (Fsp3) is 0.0571. The summed E-state index contributed by atoms with van der Waals surface area (Å²) in [6, 6.07) is 48.7. The Labute approximate surface area is 252 Å². The van der Waals surface area contributed by atoms with E-state index in [2.05, 4.69) is 134 Å². The minimum absolute atomic E-state index is 0.795. The van der Waals surface area contributed by atoms with Gasteiger partial charge in [0.15, 0.2) is 0 Å². The predicted molar refractivity (Wildman–Crippen MR) is 167 cm³/mol. The zero-order valence-electron chi connectivity index (χ0n) is 21.6. The number of benzene rings is 5. The van der Waals surface area contributed by atoms with Crippen molar-refractivity contribution < 1.29 is 20.8 Å². The summed E-state index contributed by atoms with van der Waals surface area (Å²) in [5.41, 5.74) is 9.44. The van der Waals surface area contributed by atoms with Crippen LogP contribution in [0.1, 0.15) is 12.5 Å². The van der Waals surface area contributed by atoms with E-state index in [9.17, 15) is 0 Å². The van der Waals surface area contributed by atoms with Crippen LogP contribution in [0.2, 0.25) is 0 Å².